The number of rotatable bonds is 2. The Morgan fingerprint density at radius 2 is 2.12 bits per heavy atom. The Kier molecular flexibility index (Phi) is 3.27. The van der Waals surface area contributed by atoms with Gasteiger partial charge in [-0.2, -0.15) is 0 Å². The number of carbonyl (C=O) groups is 1. The van der Waals surface area contributed by atoms with E-state index < -0.39 is 10.0 Å². The first-order valence-corrected chi connectivity index (χ1v) is 7.45. The highest BCUT2D eigenvalue weighted by atomic mass is 79.9. The van der Waals surface area contributed by atoms with E-state index in [-0.39, 0.29) is 23.3 Å². The second-order valence-corrected chi connectivity index (χ2v) is 6.97. The third-order valence-electron chi connectivity index (χ3n) is 2.66. The molecule has 1 saturated heterocycles. The number of hydrogen-bond acceptors (Lipinski definition) is 3. The molecule has 1 unspecified atom stereocenters. The van der Waals surface area contributed by atoms with Gasteiger partial charge in [-0.3, -0.25) is 4.79 Å². The summed E-state index contributed by atoms with van der Waals surface area (Å²) in [5.74, 6) is -0.234. The van der Waals surface area contributed by atoms with E-state index in [1.807, 2.05) is 6.92 Å². The van der Waals surface area contributed by atoms with Crippen LogP contribution >= 0.6 is 15.9 Å². The summed E-state index contributed by atoms with van der Waals surface area (Å²) >= 11 is 3.22. The molecule has 4 nitrogen and oxygen atoms in total. The predicted molar refractivity (Wildman–Crippen MR) is 66.8 cm³/mol. The lowest BCUT2D eigenvalue weighted by atomic mass is 10.2. The Morgan fingerprint density at radius 3 is 2.65 bits per heavy atom. The smallest absolute Gasteiger partial charge is 0.266 e. The summed E-state index contributed by atoms with van der Waals surface area (Å²) in [4.78, 5) is 11.8. The first-order valence-electron chi connectivity index (χ1n) is 5.22. The van der Waals surface area contributed by atoms with Crippen LogP contribution in [0.1, 0.15) is 13.3 Å². The zero-order chi connectivity index (χ0) is 12.6. The van der Waals surface area contributed by atoms with E-state index in [1.165, 1.54) is 12.1 Å². The van der Waals surface area contributed by atoms with Crippen molar-refractivity contribution in [1.82, 2.24) is 4.31 Å². The summed E-state index contributed by atoms with van der Waals surface area (Å²) in [6, 6.07) is 6.39. The van der Waals surface area contributed by atoms with Gasteiger partial charge in [0, 0.05) is 17.4 Å². The van der Waals surface area contributed by atoms with Crippen LogP contribution in [0.5, 0.6) is 0 Å². The topological polar surface area (TPSA) is 54.5 Å². The summed E-state index contributed by atoms with van der Waals surface area (Å²) in [5, 5.41) is 0. The predicted octanol–water partition coefficient (Wildman–Crippen LogP) is 2.01. The van der Waals surface area contributed by atoms with E-state index in [4.69, 9.17) is 0 Å². The molecule has 6 heteroatoms. The fourth-order valence-electron chi connectivity index (χ4n) is 1.84. The minimum atomic E-state index is -3.69. The van der Waals surface area contributed by atoms with Crippen LogP contribution in [0.4, 0.5) is 0 Å². The SMILES string of the molecule is CC1CC(=O)N(S(=O)(=O)c2cccc(Br)c2)C1. The molecule has 92 valence electrons. The van der Waals surface area contributed by atoms with Gasteiger partial charge >= 0.3 is 0 Å². The van der Waals surface area contributed by atoms with Gasteiger partial charge < -0.3 is 0 Å². The number of hydrogen-bond donors (Lipinski definition) is 0. The number of carbonyl (C=O) groups excluding carboxylic acids is 1. The Hall–Kier alpha value is -0.880. The van der Waals surface area contributed by atoms with Crippen LogP contribution in [0.15, 0.2) is 33.6 Å². The standard InChI is InChI=1S/C11H12BrNO3S/c1-8-5-11(14)13(7-8)17(15,16)10-4-2-3-9(12)6-10/h2-4,6,8H,5,7H2,1H3. The maximum Gasteiger partial charge on any atom is 0.266 e. The molecule has 2 rings (SSSR count). The summed E-state index contributed by atoms with van der Waals surface area (Å²) in [7, 11) is -3.69. The highest BCUT2D eigenvalue weighted by molar-refractivity contribution is 9.10. The molecule has 1 amide bonds. The lowest BCUT2D eigenvalue weighted by Gasteiger charge is -2.16. The summed E-state index contributed by atoms with van der Waals surface area (Å²) < 4.78 is 26.1. The maximum absolute atomic E-state index is 12.2. The minimum Gasteiger partial charge on any atom is -0.274 e. The Labute approximate surface area is 109 Å². The molecule has 1 atom stereocenters. The number of nitrogens with zero attached hydrogens (tertiary/aromatic N) is 1. The van der Waals surface area contributed by atoms with E-state index in [0.29, 0.717) is 10.9 Å². The molecule has 1 aliphatic rings. The van der Waals surface area contributed by atoms with Crippen LogP contribution in [0.2, 0.25) is 0 Å². The van der Waals surface area contributed by atoms with Crippen molar-refractivity contribution in [3.63, 3.8) is 0 Å². The maximum atomic E-state index is 12.2. The van der Waals surface area contributed by atoms with Gasteiger partial charge in [0.25, 0.3) is 10.0 Å². The van der Waals surface area contributed by atoms with E-state index in [9.17, 15) is 13.2 Å². The second-order valence-electron chi connectivity index (χ2n) is 4.20. The molecular weight excluding hydrogens is 306 g/mol. The largest absolute Gasteiger partial charge is 0.274 e. The van der Waals surface area contributed by atoms with Gasteiger partial charge in [0.05, 0.1) is 4.90 Å². The first kappa shape index (κ1) is 12.6. The third kappa shape index (κ3) is 2.37. The molecule has 0 bridgehead atoms. The lowest BCUT2D eigenvalue weighted by Crippen LogP contribution is -2.32. The molecule has 1 heterocycles. The number of amides is 1. The molecule has 1 aliphatic heterocycles. The van der Waals surface area contributed by atoms with Crippen molar-refractivity contribution < 1.29 is 13.2 Å². The zero-order valence-corrected chi connectivity index (χ0v) is 11.7. The fourth-order valence-corrected chi connectivity index (χ4v) is 3.96. The molecule has 0 spiro atoms. The van der Waals surface area contributed by atoms with Gasteiger partial charge in [-0.05, 0) is 24.1 Å². The summed E-state index contributed by atoms with van der Waals surface area (Å²) in [6.07, 6.45) is 0.299. The van der Waals surface area contributed by atoms with Gasteiger partial charge in [-0.1, -0.05) is 28.9 Å². The van der Waals surface area contributed by atoms with Crippen LogP contribution in [0.25, 0.3) is 0 Å². The molecule has 17 heavy (non-hydrogen) atoms. The van der Waals surface area contributed by atoms with Crippen molar-refractivity contribution in [3.8, 4) is 0 Å². The van der Waals surface area contributed by atoms with Gasteiger partial charge in [0.2, 0.25) is 5.91 Å². The van der Waals surface area contributed by atoms with Crippen LogP contribution in [-0.2, 0) is 14.8 Å². The highest BCUT2D eigenvalue weighted by Crippen LogP contribution is 2.26. The van der Waals surface area contributed by atoms with Crippen LogP contribution in [0.3, 0.4) is 0 Å². The number of sulfonamides is 1. The number of halogens is 1. The van der Waals surface area contributed by atoms with E-state index in [0.717, 1.165) is 4.31 Å². The van der Waals surface area contributed by atoms with Crippen molar-refractivity contribution in [3.05, 3.63) is 28.7 Å². The highest BCUT2D eigenvalue weighted by Gasteiger charge is 2.36. The van der Waals surface area contributed by atoms with Gasteiger partial charge in [-0.25, -0.2) is 12.7 Å². The summed E-state index contributed by atoms with van der Waals surface area (Å²) in [5.41, 5.74) is 0. The third-order valence-corrected chi connectivity index (χ3v) is 4.94. The molecule has 1 fully saturated rings. The van der Waals surface area contributed by atoms with Crippen LogP contribution in [0, 0.1) is 5.92 Å². The van der Waals surface area contributed by atoms with Crippen molar-refractivity contribution in [2.24, 2.45) is 5.92 Å². The summed E-state index contributed by atoms with van der Waals surface area (Å²) in [6.45, 7) is 2.14. The molecule has 0 N–H and O–H groups in total. The minimum absolute atomic E-state index is 0.0874. The Morgan fingerprint density at radius 1 is 1.41 bits per heavy atom. The van der Waals surface area contributed by atoms with Crippen LogP contribution in [-0.4, -0.2) is 25.2 Å². The zero-order valence-electron chi connectivity index (χ0n) is 9.26. The van der Waals surface area contributed by atoms with Crippen molar-refractivity contribution >= 4 is 31.9 Å². The monoisotopic (exact) mass is 317 g/mol. The van der Waals surface area contributed by atoms with Crippen molar-refractivity contribution in [2.45, 2.75) is 18.2 Å². The molecule has 0 saturated carbocycles. The second kappa shape index (κ2) is 4.42. The quantitative estimate of drug-likeness (QED) is 0.838. The average Bonchev–Trinajstić information content (AvgIpc) is 2.58. The van der Waals surface area contributed by atoms with Gasteiger partial charge in [0.1, 0.15) is 0 Å². The molecule has 1 aromatic carbocycles. The molecule has 0 radical (unpaired) electrons. The van der Waals surface area contributed by atoms with E-state index in [1.54, 1.807) is 12.1 Å². The number of benzene rings is 1. The lowest BCUT2D eigenvalue weighted by molar-refractivity contribution is -0.123. The Bertz CT molecular complexity index is 556. The van der Waals surface area contributed by atoms with Crippen molar-refractivity contribution in [2.75, 3.05) is 6.54 Å². The normalized spacial score (nSPS) is 20.9. The molecule has 1 aromatic rings. The van der Waals surface area contributed by atoms with Crippen molar-refractivity contribution in [1.29, 1.82) is 0 Å². The van der Waals surface area contributed by atoms with Gasteiger partial charge in [-0.15, -0.1) is 0 Å². The Balaban J connectivity index is 2.41. The fraction of sp³-hybridized carbons (Fsp3) is 0.364. The average molecular weight is 318 g/mol. The van der Waals surface area contributed by atoms with E-state index in [2.05, 4.69) is 15.9 Å². The van der Waals surface area contributed by atoms with Crippen LogP contribution < -0.4 is 0 Å². The molecular formula is C11H12BrNO3S. The molecule has 0 aliphatic carbocycles. The van der Waals surface area contributed by atoms with Gasteiger partial charge in [0.15, 0.2) is 0 Å². The first-order chi connectivity index (χ1) is 7.91. The molecule has 0 aromatic heterocycles. The van der Waals surface area contributed by atoms with E-state index >= 15 is 0 Å².